The average Bonchev–Trinajstić information content (AvgIpc) is 2.77. The van der Waals surface area contributed by atoms with Gasteiger partial charge in [-0.15, -0.1) is 0 Å². The van der Waals surface area contributed by atoms with E-state index in [2.05, 4.69) is 4.98 Å². The van der Waals surface area contributed by atoms with Gasteiger partial charge in [0.15, 0.2) is 15.7 Å². The molecule has 0 aliphatic carbocycles. The van der Waals surface area contributed by atoms with Crippen LogP contribution in [0.5, 0.6) is 0 Å². The standard InChI is InChI=1S/C13H19N3O3S/c1-15(2)12-11(5-4-7-14-12)16(3)13(17)10-6-8-20(18,19)9-10/h4-5,7,10H,6,8-9H2,1-3H3. The normalized spacial score (nSPS) is 20.6. The van der Waals surface area contributed by atoms with Crippen molar-refractivity contribution in [2.24, 2.45) is 5.92 Å². The molecule has 2 rings (SSSR count). The third-order valence-corrected chi connectivity index (χ3v) is 5.23. The summed E-state index contributed by atoms with van der Waals surface area (Å²) in [5, 5.41) is 0. The molecule has 0 spiro atoms. The number of amides is 1. The maximum absolute atomic E-state index is 12.4. The van der Waals surface area contributed by atoms with E-state index in [1.807, 2.05) is 25.1 Å². The van der Waals surface area contributed by atoms with Crippen molar-refractivity contribution in [2.45, 2.75) is 6.42 Å². The molecule has 20 heavy (non-hydrogen) atoms. The first-order valence-corrected chi connectivity index (χ1v) is 8.24. The summed E-state index contributed by atoms with van der Waals surface area (Å²) in [4.78, 5) is 20.0. The van der Waals surface area contributed by atoms with Crippen molar-refractivity contribution in [3.63, 3.8) is 0 Å². The van der Waals surface area contributed by atoms with Crippen molar-refractivity contribution >= 4 is 27.2 Å². The second-order valence-electron chi connectivity index (χ2n) is 5.24. The number of hydrogen-bond donors (Lipinski definition) is 0. The van der Waals surface area contributed by atoms with E-state index in [0.29, 0.717) is 17.9 Å². The van der Waals surface area contributed by atoms with Gasteiger partial charge in [-0.1, -0.05) is 0 Å². The molecule has 0 N–H and O–H groups in total. The maximum Gasteiger partial charge on any atom is 0.230 e. The molecule has 1 unspecified atom stereocenters. The van der Waals surface area contributed by atoms with Gasteiger partial charge >= 0.3 is 0 Å². The van der Waals surface area contributed by atoms with Crippen molar-refractivity contribution in [2.75, 3.05) is 42.4 Å². The Bertz CT molecular complexity index is 613. The Morgan fingerprint density at radius 1 is 1.35 bits per heavy atom. The SMILES string of the molecule is CN(C)c1ncccc1N(C)C(=O)C1CCS(=O)(=O)C1. The highest BCUT2D eigenvalue weighted by Crippen LogP contribution is 2.28. The lowest BCUT2D eigenvalue weighted by atomic mass is 10.1. The smallest absolute Gasteiger partial charge is 0.230 e. The minimum absolute atomic E-state index is 0.0479. The lowest BCUT2D eigenvalue weighted by Gasteiger charge is -2.24. The fraction of sp³-hybridized carbons (Fsp3) is 0.538. The summed E-state index contributed by atoms with van der Waals surface area (Å²) in [5.41, 5.74) is 0.687. The molecule has 1 aliphatic heterocycles. The summed E-state index contributed by atoms with van der Waals surface area (Å²) in [6.45, 7) is 0. The van der Waals surface area contributed by atoms with Crippen molar-refractivity contribution in [1.29, 1.82) is 0 Å². The van der Waals surface area contributed by atoms with E-state index in [1.54, 1.807) is 19.3 Å². The zero-order chi connectivity index (χ0) is 14.9. The van der Waals surface area contributed by atoms with E-state index < -0.39 is 15.8 Å². The fourth-order valence-electron chi connectivity index (χ4n) is 2.38. The lowest BCUT2D eigenvalue weighted by molar-refractivity contribution is -0.121. The van der Waals surface area contributed by atoms with Gasteiger partial charge < -0.3 is 9.80 Å². The Kier molecular flexibility index (Phi) is 3.99. The van der Waals surface area contributed by atoms with E-state index in [9.17, 15) is 13.2 Å². The molecule has 1 atom stereocenters. The number of nitrogens with zero attached hydrogens (tertiary/aromatic N) is 3. The number of sulfone groups is 1. The third-order valence-electron chi connectivity index (χ3n) is 3.46. The Morgan fingerprint density at radius 3 is 2.60 bits per heavy atom. The highest BCUT2D eigenvalue weighted by Gasteiger charge is 2.35. The zero-order valence-electron chi connectivity index (χ0n) is 11.9. The van der Waals surface area contributed by atoms with Gasteiger partial charge in [0.1, 0.15) is 0 Å². The van der Waals surface area contributed by atoms with Crippen LogP contribution in [0.3, 0.4) is 0 Å². The van der Waals surface area contributed by atoms with Crippen LogP contribution in [0.15, 0.2) is 18.3 Å². The molecule has 0 radical (unpaired) electrons. The van der Waals surface area contributed by atoms with Crippen LogP contribution < -0.4 is 9.80 Å². The summed E-state index contributed by atoms with van der Waals surface area (Å²) in [5.74, 6) is 0.130. The largest absolute Gasteiger partial charge is 0.361 e. The first-order chi connectivity index (χ1) is 9.32. The number of pyridine rings is 1. The van der Waals surface area contributed by atoms with Gasteiger partial charge in [0.2, 0.25) is 5.91 Å². The maximum atomic E-state index is 12.4. The van der Waals surface area contributed by atoms with Crippen LogP contribution in [-0.2, 0) is 14.6 Å². The third kappa shape index (κ3) is 2.92. The van der Waals surface area contributed by atoms with Gasteiger partial charge in [-0.2, -0.15) is 0 Å². The number of aromatic nitrogens is 1. The Morgan fingerprint density at radius 2 is 2.05 bits per heavy atom. The van der Waals surface area contributed by atoms with Gasteiger partial charge in [0.05, 0.1) is 23.1 Å². The van der Waals surface area contributed by atoms with Gasteiger partial charge in [0.25, 0.3) is 0 Å². The van der Waals surface area contributed by atoms with Crippen molar-refractivity contribution < 1.29 is 13.2 Å². The molecular formula is C13H19N3O3S. The van der Waals surface area contributed by atoms with Crippen molar-refractivity contribution in [3.8, 4) is 0 Å². The predicted octanol–water partition coefficient (Wildman–Crippen LogP) is 0.545. The van der Waals surface area contributed by atoms with E-state index in [4.69, 9.17) is 0 Å². The topological polar surface area (TPSA) is 70.6 Å². The van der Waals surface area contributed by atoms with Gasteiger partial charge in [-0.3, -0.25) is 4.79 Å². The molecular weight excluding hydrogens is 278 g/mol. The van der Waals surface area contributed by atoms with Gasteiger partial charge in [-0.25, -0.2) is 13.4 Å². The molecule has 1 saturated heterocycles. The molecule has 0 bridgehead atoms. The fourth-order valence-corrected chi connectivity index (χ4v) is 4.11. The number of rotatable bonds is 3. The van der Waals surface area contributed by atoms with Crippen LogP contribution in [0.25, 0.3) is 0 Å². The van der Waals surface area contributed by atoms with Crippen LogP contribution in [0, 0.1) is 5.92 Å². The molecule has 2 heterocycles. The predicted molar refractivity (Wildman–Crippen MR) is 78.7 cm³/mol. The average molecular weight is 297 g/mol. The van der Waals surface area contributed by atoms with Crippen LogP contribution in [-0.4, -0.2) is 52.0 Å². The molecule has 1 fully saturated rings. The summed E-state index contributed by atoms with van der Waals surface area (Å²) in [6, 6.07) is 3.57. The van der Waals surface area contributed by atoms with E-state index in [1.165, 1.54) is 4.90 Å². The molecule has 0 saturated carbocycles. The highest BCUT2D eigenvalue weighted by molar-refractivity contribution is 7.91. The second-order valence-corrected chi connectivity index (χ2v) is 7.47. The Balaban J connectivity index is 2.24. The molecule has 0 aromatic carbocycles. The summed E-state index contributed by atoms with van der Waals surface area (Å²) < 4.78 is 23.0. The molecule has 7 heteroatoms. The minimum atomic E-state index is -3.06. The zero-order valence-corrected chi connectivity index (χ0v) is 12.7. The molecule has 110 valence electrons. The van der Waals surface area contributed by atoms with Crippen molar-refractivity contribution in [1.82, 2.24) is 4.98 Å². The minimum Gasteiger partial charge on any atom is -0.361 e. The summed E-state index contributed by atoms with van der Waals surface area (Å²) >= 11 is 0. The van der Waals surface area contributed by atoms with E-state index >= 15 is 0 Å². The highest BCUT2D eigenvalue weighted by atomic mass is 32.2. The van der Waals surface area contributed by atoms with Gasteiger partial charge in [-0.05, 0) is 18.6 Å². The second kappa shape index (κ2) is 5.40. The quantitative estimate of drug-likeness (QED) is 0.814. The molecule has 1 aromatic heterocycles. The lowest BCUT2D eigenvalue weighted by Crippen LogP contribution is -2.34. The Hall–Kier alpha value is -1.63. The summed E-state index contributed by atoms with van der Waals surface area (Å²) in [6.07, 6.45) is 2.07. The van der Waals surface area contributed by atoms with Crippen molar-refractivity contribution in [3.05, 3.63) is 18.3 Å². The summed E-state index contributed by atoms with van der Waals surface area (Å²) in [7, 11) is 2.31. The number of anilines is 2. The number of hydrogen-bond acceptors (Lipinski definition) is 5. The van der Waals surface area contributed by atoms with E-state index in [0.717, 1.165) is 0 Å². The number of carbonyl (C=O) groups is 1. The van der Waals surface area contributed by atoms with E-state index in [-0.39, 0.29) is 17.4 Å². The van der Waals surface area contributed by atoms with Crippen LogP contribution in [0.1, 0.15) is 6.42 Å². The molecule has 1 amide bonds. The number of carbonyl (C=O) groups excluding carboxylic acids is 1. The van der Waals surface area contributed by atoms with Crippen LogP contribution in [0.4, 0.5) is 11.5 Å². The molecule has 6 nitrogen and oxygen atoms in total. The monoisotopic (exact) mass is 297 g/mol. The first-order valence-electron chi connectivity index (χ1n) is 6.42. The van der Waals surface area contributed by atoms with Gasteiger partial charge in [0, 0.05) is 27.3 Å². The molecule has 1 aromatic rings. The Labute approximate surface area is 119 Å². The van der Waals surface area contributed by atoms with Crippen LogP contribution in [0.2, 0.25) is 0 Å². The van der Waals surface area contributed by atoms with Crippen LogP contribution >= 0.6 is 0 Å². The molecule has 1 aliphatic rings. The first kappa shape index (κ1) is 14.8.